The van der Waals surface area contributed by atoms with E-state index >= 15 is 0 Å². The number of halogens is 1. The first-order valence-corrected chi connectivity index (χ1v) is 19.3. The molecule has 0 heterocycles. The Bertz CT molecular complexity index is 2080. The van der Waals surface area contributed by atoms with Crippen LogP contribution in [0.2, 0.25) is 0 Å². The second-order valence-corrected chi connectivity index (χ2v) is 13.9. The Morgan fingerprint density at radius 1 is 0.526 bits per heavy atom. The van der Waals surface area contributed by atoms with Crippen LogP contribution in [-0.4, -0.2) is 45.2 Å². The van der Waals surface area contributed by atoms with Crippen LogP contribution in [0, 0.1) is 5.82 Å². The van der Waals surface area contributed by atoms with Crippen molar-refractivity contribution in [2.75, 3.05) is 10.6 Å². The minimum atomic E-state index is -1.04. The highest BCUT2D eigenvalue weighted by molar-refractivity contribution is 5.94. The van der Waals surface area contributed by atoms with Gasteiger partial charge >= 0.3 is 11.9 Å². The van der Waals surface area contributed by atoms with Crippen molar-refractivity contribution in [1.82, 2.24) is 0 Å². The number of unbranched alkanes of at least 4 members (excludes halogenated alkanes) is 4. The average molecular weight is 775 g/mol. The smallest absolute Gasteiger partial charge is 0.335 e. The predicted molar refractivity (Wildman–Crippen MR) is 221 cm³/mol. The molecule has 5 N–H and O–H groups in total. The summed E-state index contributed by atoms with van der Waals surface area (Å²) in [6, 6.07) is 35.5. The summed E-state index contributed by atoms with van der Waals surface area (Å²) in [5.74, 6) is -2.64. The number of nitrogens with one attached hydrogen (secondary N) is 2. The standard InChI is InChI=1S/C26H26FNO3.C21H25NO4/c27-22-16-14-19(15-17-22)18-25(29)28-24-13-7-5-11-21(24)10-3-1-2-8-20-9-4-6-12-23(20)26(30)31;1-15(23)20(24)22-19-14-8-6-12-17(19)11-4-2-3-9-16-10-5-7-13-18(16)21(25)26/h4-7,9,11-17H,1-3,8,10,18H2,(H,28,29)(H,30,31);5-8,10,12-15,23H,2-4,9,11H2,1H3,(H,22,24)(H,25,26)/t;15-/m.0/s1. The molecule has 5 aromatic rings. The maximum atomic E-state index is 13.0. The minimum Gasteiger partial charge on any atom is -0.478 e. The van der Waals surface area contributed by atoms with Crippen molar-refractivity contribution >= 4 is 35.1 Å². The number of carboxylic acid groups (broad SMARTS) is 2. The number of rotatable bonds is 19. The molecule has 57 heavy (non-hydrogen) atoms. The second kappa shape index (κ2) is 23.1. The first kappa shape index (κ1) is 43.6. The zero-order valence-electron chi connectivity index (χ0n) is 32.3. The number of aliphatic hydroxyl groups is 1. The van der Waals surface area contributed by atoms with Gasteiger partial charge in [-0.2, -0.15) is 0 Å². The van der Waals surface area contributed by atoms with E-state index < -0.39 is 23.9 Å². The number of carbonyl (C=O) groups is 4. The zero-order valence-corrected chi connectivity index (χ0v) is 32.3. The maximum Gasteiger partial charge on any atom is 0.335 e. The SMILES string of the molecule is C[C@H](O)C(=O)Nc1ccccc1CCCCCc1ccccc1C(=O)O.O=C(Cc1ccc(F)cc1)Nc1ccccc1CCCCCc1ccccc1C(=O)O. The van der Waals surface area contributed by atoms with Crippen LogP contribution >= 0.6 is 0 Å². The third-order valence-electron chi connectivity index (χ3n) is 9.50. The van der Waals surface area contributed by atoms with Gasteiger partial charge in [-0.1, -0.05) is 97.8 Å². The fourth-order valence-corrected chi connectivity index (χ4v) is 6.45. The molecule has 5 aromatic carbocycles. The van der Waals surface area contributed by atoms with Crippen molar-refractivity contribution in [1.29, 1.82) is 0 Å². The Balaban J connectivity index is 0.000000257. The monoisotopic (exact) mass is 774 g/mol. The number of hydrogen-bond acceptors (Lipinski definition) is 5. The van der Waals surface area contributed by atoms with E-state index in [1.54, 1.807) is 36.4 Å². The fourth-order valence-electron chi connectivity index (χ4n) is 6.45. The Hall–Kier alpha value is -6.13. The van der Waals surface area contributed by atoms with E-state index in [0.29, 0.717) is 11.1 Å². The lowest BCUT2D eigenvalue weighted by Crippen LogP contribution is -2.25. The topological polar surface area (TPSA) is 153 Å². The molecule has 0 spiro atoms. The first-order chi connectivity index (χ1) is 27.5. The molecule has 0 aliphatic carbocycles. The molecule has 0 radical (unpaired) electrons. The summed E-state index contributed by atoms with van der Waals surface area (Å²) in [7, 11) is 0. The summed E-state index contributed by atoms with van der Waals surface area (Å²) in [6.45, 7) is 1.44. The number of anilines is 2. The van der Waals surface area contributed by atoms with Crippen LogP contribution in [0.5, 0.6) is 0 Å². The van der Waals surface area contributed by atoms with Crippen LogP contribution in [0.4, 0.5) is 15.8 Å². The maximum absolute atomic E-state index is 13.0. The average Bonchev–Trinajstić information content (AvgIpc) is 3.20. The van der Waals surface area contributed by atoms with Gasteiger partial charge in [-0.15, -0.1) is 0 Å². The van der Waals surface area contributed by atoms with E-state index in [1.807, 2.05) is 72.8 Å². The molecule has 0 aromatic heterocycles. The summed E-state index contributed by atoms with van der Waals surface area (Å²) in [5.41, 5.74) is 6.87. The number of para-hydroxylation sites is 2. The fraction of sp³-hybridized carbons (Fsp3) is 0.277. The van der Waals surface area contributed by atoms with E-state index in [4.69, 9.17) is 0 Å². The highest BCUT2D eigenvalue weighted by atomic mass is 19.1. The molecule has 0 aliphatic rings. The number of aryl methyl sites for hydroxylation is 4. The van der Waals surface area contributed by atoms with Crippen LogP contribution < -0.4 is 10.6 Å². The van der Waals surface area contributed by atoms with Crippen molar-refractivity contribution in [3.8, 4) is 0 Å². The third kappa shape index (κ3) is 14.8. The molecule has 0 saturated carbocycles. The van der Waals surface area contributed by atoms with Gasteiger partial charge in [0, 0.05) is 11.4 Å². The number of carboxylic acids is 2. The molecule has 0 aliphatic heterocycles. The van der Waals surface area contributed by atoms with Gasteiger partial charge in [0.1, 0.15) is 11.9 Å². The Kier molecular flexibility index (Phi) is 17.6. The second-order valence-electron chi connectivity index (χ2n) is 13.9. The summed E-state index contributed by atoms with van der Waals surface area (Å²) in [6.07, 6.45) is 7.90. The molecular weight excluding hydrogens is 724 g/mol. The predicted octanol–water partition coefficient (Wildman–Crippen LogP) is 9.32. The van der Waals surface area contributed by atoms with E-state index in [1.165, 1.54) is 19.1 Å². The van der Waals surface area contributed by atoms with Gasteiger partial charge in [-0.05, 0) is 123 Å². The molecule has 298 valence electrons. The molecule has 0 unspecified atom stereocenters. The molecule has 1 atom stereocenters. The summed E-state index contributed by atoms with van der Waals surface area (Å²) in [4.78, 5) is 46.6. The highest BCUT2D eigenvalue weighted by Gasteiger charge is 2.13. The van der Waals surface area contributed by atoms with Crippen molar-refractivity contribution < 1.29 is 38.9 Å². The number of aromatic carboxylic acids is 2. The molecule has 0 bridgehead atoms. The highest BCUT2D eigenvalue weighted by Crippen LogP contribution is 2.21. The molecule has 5 rings (SSSR count). The largest absolute Gasteiger partial charge is 0.478 e. The molecule has 9 nitrogen and oxygen atoms in total. The van der Waals surface area contributed by atoms with E-state index in [2.05, 4.69) is 10.6 Å². The summed E-state index contributed by atoms with van der Waals surface area (Å²) >= 11 is 0. The number of hydrogen-bond donors (Lipinski definition) is 5. The van der Waals surface area contributed by atoms with Crippen LogP contribution in [0.25, 0.3) is 0 Å². The van der Waals surface area contributed by atoms with Gasteiger partial charge in [0.05, 0.1) is 17.5 Å². The van der Waals surface area contributed by atoms with Crippen molar-refractivity contribution in [3.63, 3.8) is 0 Å². The zero-order chi connectivity index (χ0) is 41.0. The van der Waals surface area contributed by atoms with Crippen molar-refractivity contribution in [3.05, 3.63) is 166 Å². The third-order valence-corrected chi connectivity index (χ3v) is 9.50. The van der Waals surface area contributed by atoms with Crippen molar-refractivity contribution in [2.45, 2.75) is 83.7 Å². The number of amides is 2. The quantitative estimate of drug-likeness (QED) is 0.0524. The molecular formula is C47H51FN2O7. The Morgan fingerprint density at radius 2 is 0.912 bits per heavy atom. The van der Waals surface area contributed by atoms with Gasteiger partial charge in [0.15, 0.2) is 0 Å². The molecule has 10 heteroatoms. The summed E-state index contributed by atoms with van der Waals surface area (Å²) < 4.78 is 13.0. The lowest BCUT2D eigenvalue weighted by Gasteiger charge is -2.12. The lowest BCUT2D eigenvalue weighted by molar-refractivity contribution is -0.123. The van der Waals surface area contributed by atoms with Crippen LogP contribution in [0.1, 0.15) is 94.0 Å². The number of aliphatic hydroxyl groups excluding tert-OH is 1. The van der Waals surface area contributed by atoms with Gasteiger partial charge < -0.3 is 26.0 Å². The van der Waals surface area contributed by atoms with Crippen LogP contribution in [0.3, 0.4) is 0 Å². The Labute approximate surface area is 333 Å². The lowest BCUT2D eigenvalue weighted by atomic mass is 9.99. The van der Waals surface area contributed by atoms with Gasteiger partial charge in [0.2, 0.25) is 5.91 Å². The Morgan fingerprint density at radius 3 is 1.35 bits per heavy atom. The number of benzene rings is 5. The van der Waals surface area contributed by atoms with Gasteiger partial charge in [-0.3, -0.25) is 9.59 Å². The van der Waals surface area contributed by atoms with E-state index in [-0.39, 0.29) is 18.1 Å². The van der Waals surface area contributed by atoms with Crippen LogP contribution in [0.15, 0.2) is 121 Å². The van der Waals surface area contributed by atoms with Gasteiger partial charge in [-0.25, -0.2) is 14.0 Å². The summed E-state index contributed by atoms with van der Waals surface area (Å²) in [5, 5.41) is 33.5. The molecule has 0 saturated heterocycles. The van der Waals surface area contributed by atoms with Crippen LogP contribution in [-0.2, 0) is 41.7 Å². The van der Waals surface area contributed by atoms with E-state index in [9.17, 15) is 38.9 Å². The molecule has 0 fully saturated rings. The minimum absolute atomic E-state index is 0.135. The van der Waals surface area contributed by atoms with Gasteiger partial charge in [0.25, 0.3) is 5.91 Å². The van der Waals surface area contributed by atoms with Crippen molar-refractivity contribution in [2.24, 2.45) is 0 Å². The first-order valence-electron chi connectivity index (χ1n) is 19.3. The number of carbonyl (C=O) groups excluding carboxylic acids is 2. The normalized spacial score (nSPS) is 11.1. The molecule has 2 amide bonds. The van der Waals surface area contributed by atoms with E-state index in [0.717, 1.165) is 103 Å².